The van der Waals surface area contributed by atoms with E-state index in [1.165, 1.54) is 13.2 Å². The molecule has 0 bridgehead atoms. The Kier molecular flexibility index (Phi) is 6.06. The van der Waals surface area contributed by atoms with Crippen molar-refractivity contribution in [2.75, 3.05) is 20.3 Å². The van der Waals surface area contributed by atoms with Crippen molar-refractivity contribution in [3.63, 3.8) is 0 Å². The zero-order chi connectivity index (χ0) is 14.5. The van der Waals surface area contributed by atoms with Crippen molar-refractivity contribution in [1.82, 2.24) is 4.72 Å². The summed E-state index contributed by atoms with van der Waals surface area (Å²) in [6.07, 6.45) is 0. The summed E-state index contributed by atoms with van der Waals surface area (Å²) in [7, 11) is -2.19. The van der Waals surface area contributed by atoms with E-state index in [1.54, 1.807) is 26.0 Å². The standard InChI is InChI=1S/C12H18ClNO4S/c1-4-18-11-6-5-10(13)7-12(11)19(15,16)14-9(2)8-17-3/h5-7,9,14H,4,8H2,1-3H3/t9-/m0/s1. The minimum atomic E-state index is -3.70. The van der Waals surface area contributed by atoms with Gasteiger partial charge in [-0.2, -0.15) is 0 Å². The highest BCUT2D eigenvalue weighted by Crippen LogP contribution is 2.27. The molecular formula is C12H18ClNO4S. The topological polar surface area (TPSA) is 64.6 Å². The Morgan fingerprint density at radius 2 is 2.11 bits per heavy atom. The molecule has 0 aliphatic rings. The van der Waals surface area contributed by atoms with Gasteiger partial charge in [0.25, 0.3) is 0 Å². The number of hydrogen-bond donors (Lipinski definition) is 1. The summed E-state index contributed by atoms with van der Waals surface area (Å²) in [5.41, 5.74) is 0. The molecule has 0 aliphatic carbocycles. The van der Waals surface area contributed by atoms with Gasteiger partial charge in [0.15, 0.2) is 0 Å². The lowest BCUT2D eigenvalue weighted by Crippen LogP contribution is -2.35. The summed E-state index contributed by atoms with van der Waals surface area (Å²) in [6, 6.07) is 4.16. The molecule has 0 aromatic heterocycles. The van der Waals surface area contributed by atoms with Crippen molar-refractivity contribution in [3.05, 3.63) is 23.2 Å². The molecule has 1 rings (SSSR count). The normalized spacial score (nSPS) is 13.3. The first-order valence-electron chi connectivity index (χ1n) is 5.84. The number of benzene rings is 1. The molecule has 108 valence electrons. The largest absolute Gasteiger partial charge is 0.492 e. The van der Waals surface area contributed by atoms with Crippen LogP contribution in [0.1, 0.15) is 13.8 Å². The van der Waals surface area contributed by atoms with Gasteiger partial charge in [0.1, 0.15) is 10.6 Å². The van der Waals surface area contributed by atoms with Gasteiger partial charge in [-0.3, -0.25) is 0 Å². The first-order chi connectivity index (χ1) is 8.90. The summed E-state index contributed by atoms with van der Waals surface area (Å²) in [5.74, 6) is 0.281. The molecule has 19 heavy (non-hydrogen) atoms. The zero-order valence-corrected chi connectivity index (χ0v) is 12.7. The molecular weight excluding hydrogens is 290 g/mol. The Hall–Kier alpha value is -0.820. The Bertz CT molecular complexity index is 518. The molecule has 1 N–H and O–H groups in total. The zero-order valence-electron chi connectivity index (χ0n) is 11.1. The van der Waals surface area contributed by atoms with Crippen LogP contribution >= 0.6 is 11.6 Å². The van der Waals surface area contributed by atoms with Gasteiger partial charge in [-0.1, -0.05) is 11.6 Å². The number of methoxy groups -OCH3 is 1. The predicted octanol–water partition coefficient (Wildman–Crippen LogP) is 2.05. The van der Waals surface area contributed by atoms with Crippen LogP contribution in [-0.4, -0.2) is 34.8 Å². The van der Waals surface area contributed by atoms with Crippen LogP contribution in [0.25, 0.3) is 0 Å². The summed E-state index contributed by atoms with van der Waals surface area (Å²) in [6.45, 7) is 4.15. The van der Waals surface area contributed by atoms with Crippen molar-refractivity contribution in [2.45, 2.75) is 24.8 Å². The minimum absolute atomic E-state index is 0.0322. The second-order valence-electron chi connectivity index (χ2n) is 4.00. The van der Waals surface area contributed by atoms with Gasteiger partial charge in [-0.05, 0) is 32.0 Å². The molecule has 0 radical (unpaired) electrons. The molecule has 0 saturated heterocycles. The fraction of sp³-hybridized carbons (Fsp3) is 0.500. The third-order valence-electron chi connectivity index (χ3n) is 2.27. The fourth-order valence-corrected chi connectivity index (χ4v) is 3.21. The van der Waals surface area contributed by atoms with Gasteiger partial charge in [-0.15, -0.1) is 0 Å². The summed E-state index contributed by atoms with van der Waals surface area (Å²) in [5, 5.41) is 0.336. The van der Waals surface area contributed by atoms with Crippen molar-refractivity contribution < 1.29 is 17.9 Å². The van der Waals surface area contributed by atoms with Crippen LogP contribution in [0.15, 0.2) is 23.1 Å². The molecule has 0 spiro atoms. The number of nitrogens with one attached hydrogen (secondary N) is 1. The van der Waals surface area contributed by atoms with Gasteiger partial charge in [0, 0.05) is 18.2 Å². The first kappa shape index (κ1) is 16.2. The first-order valence-corrected chi connectivity index (χ1v) is 7.70. The number of sulfonamides is 1. The predicted molar refractivity (Wildman–Crippen MR) is 74.3 cm³/mol. The Labute approximate surface area is 118 Å². The smallest absolute Gasteiger partial charge is 0.244 e. The van der Waals surface area contributed by atoms with E-state index in [4.69, 9.17) is 21.1 Å². The van der Waals surface area contributed by atoms with Crippen molar-refractivity contribution in [2.24, 2.45) is 0 Å². The molecule has 1 aromatic carbocycles. The minimum Gasteiger partial charge on any atom is -0.492 e. The van der Waals surface area contributed by atoms with Gasteiger partial charge in [0.05, 0.1) is 13.2 Å². The third-order valence-corrected chi connectivity index (χ3v) is 4.11. The van der Waals surface area contributed by atoms with E-state index in [-0.39, 0.29) is 23.3 Å². The molecule has 0 heterocycles. The number of halogens is 1. The maximum Gasteiger partial charge on any atom is 0.244 e. The lowest BCUT2D eigenvalue weighted by Gasteiger charge is -2.16. The van der Waals surface area contributed by atoms with Crippen molar-refractivity contribution >= 4 is 21.6 Å². The van der Waals surface area contributed by atoms with Crippen molar-refractivity contribution in [3.8, 4) is 5.75 Å². The molecule has 0 fully saturated rings. The average molecular weight is 308 g/mol. The van der Waals surface area contributed by atoms with Gasteiger partial charge < -0.3 is 9.47 Å². The molecule has 0 aliphatic heterocycles. The van der Waals surface area contributed by atoms with E-state index in [9.17, 15) is 8.42 Å². The molecule has 0 saturated carbocycles. The van der Waals surface area contributed by atoms with E-state index in [0.717, 1.165) is 0 Å². The Morgan fingerprint density at radius 3 is 2.68 bits per heavy atom. The maximum atomic E-state index is 12.3. The second kappa shape index (κ2) is 7.09. The fourth-order valence-electron chi connectivity index (χ4n) is 1.58. The molecule has 1 atom stereocenters. The molecule has 5 nitrogen and oxygen atoms in total. The molecule has 0 unspecified atom stereocenters. The summed E-state index contributed by atoms with van der Waals surface area (Å²) in [4.78, 5) is 0.0322. The van der Waals surface area contributed by atoms with E-state index >= 15 is 0 Å². The number of ether oxygens (including phenoxy) is 2. The van der Waals surface area contributed by atoms with E-state index in [0.29, 0.717) is 11.6 Å². The van der Waals surface area contributed by atoms with Crippen LogP contribution in [0.5, 0.6) is 5.75 Å². The highest BCUT2D eigenvalue weighted by atomic mass is 35.5. The van der Waals surface area contributed by atoms with Crippen LogP contribution in [0, 0.1) is 0 Å². The van der Waals surface area contributed by atoms with E-state index < -0.39 is 10.0 Å². The van der Waals surface area contributed by atoms with Crippen LogP contribution < -0.4 is 9.46 Å². The Balaban J connectivity index is 3.08. The number of hydrogen-bond acceptors (Lipinski definition) is 4. The lowest BCUT2D eigenvalue weighted by atomic mass is 10.3. The molecule has 1 aromatic rings. The van der Waals surface area contributed by atoms with E-state index in [2.05, 4.69) is 4.72 Å². The number of rotatable bonds is 7. The monoisotopic (exact) mass is 307 g/mol. The second-order valence-corrected chi connectivity index (χ2v) is 6.12. The van der Waals surface area contributed by atoms with Crippen LogP contribution in [0.2, 0.25) is 5.02 Å². The summed E-state index contributed by atoms with van der Waals surface area (Å²) < 4.78 is 37.2. The van der Waals surface area contributed by atoms with Crippen molar-refractivity contribution in [1.29, 1.82) is 0 Å². The molecule has 0 amide bonds. The van der Waals surface area contributed by atoms with Crippen LogP contribution in [-0.2, 0) is 14.8 Å². The summed E-state index contributed by atoms with van der Waals surface area (Å²) >= 11 is 5.85. The third kappa shape index (κ3) is 4.65. The molecule has 7 heteroatoms. The maximum absolute atomic E-state index is 12.3. The van der Waals surface area contributed by atoms with Crippen LogP contribution in [0.4, 0.5) is 0 Å². The SMILES string of the molecule is CCOc1ccc(Cl)cc1S(=O)(=O)N[C@@H](C)COC. The van der Waals surface area contributed by atoms with Gasteiger partial charge >= 0.3 is 0 Å². The highest BCUT2D eigenvalue weighted by molar-refractivity contribution is 7.89. The average Bonchev–Trinajstić information content (AvgIpc) is 2.31. The lowest BCUT2D eigenvalue weighted by molar-refractivity contribution is 0.180. The van der Waals surface area contributed by atoms with E-state index in [1.807, 2.05) is 0 Å². The van der Waals surface area contributed by atoms with Gasteiger partial charge in [0.2, 0.25) is 10.0 Å². The highest BCUT2D eigenvalue weighted by Gasteiger charge is 2.22. The van der Waals surface area contributed by atoms with Crippen LogP contribution in [0.3, 0.4) is 0 Å². The quantitative estimate of drug-likeness (QED) is 0.837. The Morgan fingerprint density at radius 1 is 1.42 bits per heavy atom. The van der Waals surface area contributed by atoms with Gasteiger partial charge in [-0.25, -0.2) is 13.1 Å².